The molecule has 2 nitrogen and oxygen atoms in total. The van der Waals surface area contributed by atoms with E-state index in [2.05, 4.69) is 4.74 Å². The Kier molecular flexibility index (Phi) is 3.16. The molecule has 0 aromatic heterocycles. The molecule has 0 atom stereocenters. The Bertz CT molecular complexity index is 368. The Balaban J connectivity index is 2.84. The van der Waals surface area contributed by atoms with Crippen LogP contribution in [0, 0.1) is 0 Å². The molecule has 0 aliphatic heterocycles. The second-order valence-corrected chi connectivity index (χ2v) is 2.74. The third-order valence-corrected chi connectivity index (χ3v) is 1.55. The van der Waals surface area contributed by atoms with E-state index >= 15 is 0 Å². The van der Waals surface area contributed by atoms with Crippen molar-refractivity contribution in [2.45, 2.75) is 12.3 Å². The zero-order valence-corrected chi connectivity index (χ0v) is 7.52. The first kappa shape index (κ1) is 12.4. The van der Waals surface area contributed by atoms with Crippen LogP contribution >= 0.6 is 0 Å². The summed E-state index contributed by atoms with van der Waals surface area (Å²) in [7, 11) is 0. The minimum absolute atomic E-state index is 0.307. The number of rotatable bonds is 3. The molecule has 16 heavy (non-hydrogen) atoms. The maximum atomic E-state index is 12.3. The maximum absolute atomic E-state index is 12.3. The van der Waals surface area contributed by atoms with Gasteiger partial charge in [0.25, 0.3) is 0 Å². The highest BCUT2D eigenvalue weighted by atomic mass is 19.4. The van der Waals surface area contributed by atoms with E-state index in [1.54, 1.807) is 0 Å². The van der Waals surface area contributed by atoms with E-state index in [0.29, 0.717) is 30.6 Å². The van der Waals surface area contributed by atoms with Crippen LogP contribution in [0.15, 0.2) is 24.3 Å². The number of hydrogen-bond acceptors (Lipinski definition) is 2. The summed E-state index contributed by atoms with van der Waals surface area (Å²) in [6, 6.07) is 2.51. The van der Waals surface area contributed by atoms with Gasteiger partial charge in [0.1, 0.15) is 5.75 Å². The van der Waals surface area contributed by atoms with Crippen LogP contribution in [0.25, 0.3) is 0 Å². The molecule has 1 rings (SSSR count). The van der Waals surface area contributed by atoms with Gasteiger partial charge in [-0.3, -0.25) is 4.79 Å². The van der Waals surface area contributed by atoms with Crippen molar-refractivity contribution in [3.63, 3.8) is 0 Å². The van der Waals surface area contributed by atoms with E-state index in [9.17, 15) is 26.7 Å². The van der Waals surface area contributed by atoms with Crippen LogP contribution in [0.5, 0.6) is 5.75 Å². The van der Waals surface area contributed by atoms with Gasteiger partial charge in [0.2, 0.25) is 0 Å². The predicted molar refractivity (Wildman–Crippen MR) is 42.7 cm³/mol. The molecule has 0 heterocycles. The lowest BCUT2D eigenvalue weighted by Crippen LogP contribution is -2.26. The normalized spacial score (nSPS) is 12.3. The van der Waals surface area contributed by atoms with Crippen LogP contribution < -0.4 is 4.74 Å². The van der Waals surface area contributed by atoms with Crippen molar-refractivity contribution >= 4 is 6.29 Å². The Morgan fingerprint density at radius 1 is 1.00 bits per heavy atom. The van der Waals surface area contributed by atoms with E-state index in [-0.39, 0.29) is 0 Å². The van der Waals surface area contributed by atoms with E-state index in [1.807, 2.05) is 0 Å². The zero-order chi connectivity index (χ0) is 12.4. The molecule has 0 saturated heterocycles. The summed E-state index contributed by atoms with van der Waals surface area (Å²) in [5.74, 6) is -0.554. The van der Waals surface area contributed by atoms with Crippen molar-refractivity contribution in [3.05, 3.63) is 29.8 Å². The van der Waals surface area contributed by atoms with Gasteiger partial charge in [0, 0.05) is 0 Å². The molecular formula is C9H4F5O2. The van der Waals surface area contributed by atoms with Crippen molar-refractivity contribution in [2.24, 2.45) is 0 Å². The molecule has 87 valence electrons. The van der Waals surface area contributed by atoms with Gasteiger partial charge in [-0.1, -0.05) is 0 Å². The average Bonchev–Trinajstić information content (AvgIpc) is 2.16. The fourth-order valence-electron chi connectivity index (χ4n) is 0.881. The lowest BCUT2D eigenvalue weighted by Gasteiger charge is -2.11. The molecule has 1 aromatic carbocycles. The van der Waals surface area contributed by atoms with Gasteiger partial charge in [-0.25, -0.2) is 0 Å². The van der Waals surface area contributed by atoms with Crippen molar-refractivity contribution in [1.29, 1.82) is 0 Å². The third-order valence-electron chi connectivity index (χ3n) is 1.55. The smallest absolute Gasteiger partial charge is 0.426 e. The molecule has 0 fully saturated rings. The molecule has 7 heteroatoms. The Hall–Kier alpha value is -1.66. The number of carbonyl (C=O) groups excluding carboxylic acids is 1. The molecule has 0 bridgehead atoms. The fraction of sp³-hybridized carbons (Fsp3) is 0.222. The molecule has 0 saturated carbocycles. The minimum atomic E-state index is -4.56. The lowest BCUT2D eigenvalue weighted by atomic mass is 10.2. The van der Waals surface area contributed by atoms with Gasteiger partial charge >= 0.3 is 18.6 Å². The topological polar surface area (TPSA) is 26.3 Å². The number of alkyl halides is 5. The zero-order valence-electron chi connectivity index (χ0n) is 7.52. The third kappa shape index (κ3) is 3.18. The number of benzene rings is 1. The van der Waals surface area contributed by atoms with Crippen LogP contribution in [0.3, 0.4) is 0 Å². The van der Waals surface area contributed by atoms with Crippen LogP contribution in [0.1, 0.15) is 5.56 Å². The molecule has 0 aliphatic rings. The fourth-order valence-corrected chi connectivity index (χ4v) is 0.881. The first-order valence-corrected chi connectivity index (χ1v) is 3.88. The number of halogens is 5. The first-order valence-electron chi connectivity index (χ1n) is 3.88. The molecule has 0 unspecified atom stereocenters. The van der Waals surface area contributed by atoms with Gasteiger partial charge in [0.05, 0.1) is 5.56 Å². The maximum Gasteiger partial charge on any atom is 0.469 e. The largest absolute Gasteiger partial charge is 0.469 e. The van der Waals surface area contributed by atoms with Gasteiger partial charge in [-0.15, -0.1) is 0 Å². The first-order chi connectivity index (χ1) is 7.24. The summed E-state index contributed by atoms with van der Waals surface area (Å²) in [5.41, 5.74) is -1.00. The van der Waals surface area contributed by atoms with Crippen molar-refractivity contribution in [3.8, 4) is 5.75 Å². The highest BCUT2D eigenvalue weighted by molar-refractivity contribution is 5.59. The van der Waals surface area contributed by atoms with E-state index in [1.165, 1.54) is 0 Å². The highest BCUT2D eigenvalue weighted by Crippen LogP contribution is 2.31. The Labute approximate surface area is 86.6 Å². The summed E-state index contributed by atoms with van der Waals surface area (Å²) in [4.78, 5) is 9.68. The summed E-state index contributed by atoms with van der Waals surface area (Å²) in [6.45, 7) is 0. The van der Waals surface area contributed by atoms with Crippen molar-refractivity contribution < 1.29 is 31.5 Å². The van der Waals surface area contributed by atoms with E-state index in [4.69, 9.17) is 0 Å². The van der Waals surface area contributed by atoms with Gasteiger partial charge in [-0.05, 0) is 24.3 Å². The second-order valence-electron chi connectivity index (χ2n) is 2.74. The molecule has 1 radical (unpaired) electrons. The van der Waals surface area contributed by atoms with Crippen LogP contribution in [0.2, 0.25) is 0 Å². The molecule has 0 amide bonds. The Morgan fingerprint density at radius 2 is 1.50 bits per heavy atom. The number of hydrogen-bond donors (Lipinski definition) is 0. The van der Waals surface area contributed by atoms with Crippen LogP contribution in [-0.4, -0.2) is 12.4 Å². The molecule has 0 N–H and O–H groups in total. The van der Waals surface area contributed by atoms with Gasteiger partial charge < -0.3 is 4.74 Å². The molecule has 1 aromatic rings. The lowest BCUT2D eigenvalue weighted by molar-refractivity contribution is -0.137. The number of ether oxygens (including phenoxy) is 1. The molecule has 0 spiro atoms. The molecule has 0 aliphatic carbocycles. The summed E-state index contributed by atoms with van der Waals surface area (Å²) in [6.07, 6.45) is -8.42. The van der Waals surface area contributed by atoms with E-state index in [0.717, 1.165) is 0 Å². The SMILES string of the molecule is O=[C]C(F)(F)Oc1ccc(C(F)(F)F)cc1. The van der Waals surface area contributed by atoms with Crippen molar-refractivity contribution in [1.82, 2.24) is 0 Å². The highest BCUT2D eigenvalue weighted by Gasteiger charge is 2.34. The summed E-state index contributed by atoms with van der Waals surface area (Å²) >= 11 is 0. The second kappa shape index (κ2) is 4.07. The Morgan fingerprint density at radius 3 is 1.88 bits per heavy atom. The minimum Gasteiger partial charge on any atom is -0.426 e. The standard InChI is InChI=1S/C9H4F5O2/c10-8(11,5-15)16-7-3-1-6(2-4-7)9(12,13)14/h1-4H. The summed E-state index contributed by atoms with van der Waals surface area (Å²) in [5, 5.41) is 0. The van der Waals surface area contributed by atoms with Crippen LogP contribution in [-0.2, 0) is 11.0 Å². The predicted octanol–water partition coefficient (Wildman–Crippen LogP) is 2.79. The quantitative estimate of drug-likeness (QED) is 0.758. The van der Waals surface area contributed by atoms with E-state index < -0.39 is 23.6 Å². The summed E-state index contributed by atoms with van der Waals surface area (Å²) < 4.78 is 64.6. The van der Waals surface area contributed by atoms with Gasteiger partial charge in [-0.2, -0.15) is 22.0 Å². The van der Waals surface area contributed by atoms with Crippen molar-refractivity contribution in [2.75, 3.05) is 0 Å². The average molecular weight is 239 g/mol. The molecular weight excluding hydrogens is 235 g/mol. The monoisotopic (exact) mass is 239 g/mol. The van der Waals surface area contributed by atoms with Crippen LogP contribution in [0.4, 0.5) is 22.0 Å². The van der Waals surface area contributed by atoms with Gasteiger partial charge in [0.15, 0.2) is 0 Å².